The third-order valence-corrected chi connectivity index (χ3v) is 5.19. The highest BCUT2D eigenvalue weighted by Crippen LogP contribution is 2.36. The van der Waals surface area contributed by atoms with Crippen molar-refractivity contribution in [3.63, 3.8) is 0 Å². The first-order chi connectivity index (χ1) is 12.2. The summed E-state index contributed by atoms with van der Waals surface area (Å²) in [5.41, 5.74) is 1.16. The van der Waals surface area contributed by atoms with Gasteiger partial charge in [0.1, 0.15) is 5.75 Å². The van der Waals surface area contributed by atoms with E-state index in [1.807, 2.05) is 23.1 Å². The third kappa shape index (κ3) is 3.38. The molecule has 3 heterocycles. The molecule has 2 aliphatic rings. The lowest BCUT2D eigenvalue weighted by atomic mass is 9.89. The van der Waals surface area contributed by atoms with Gasteiger partial charge in [-0.1, -0.05) is 23.4 Å². The molecular formula is C19H23N3O3. The maximum absolute atomic E-state index is 12.9. The molecule has 1 aromatic heterocycles. The number of benzene rings is 1. The Balaban J connectivity index is 1.43. The zero-order valence-electron chi connectivity index (χ0n) is 14.5. The summed E-state index contributed by atoms with van der Waals surface area (Å²) in [6.45, 7) is 3.98. The minimum absolute atomic E-state index is 0.178. The monoisotopic (exact) mass is 341 g/mol. The van der Waals surface area contributed by atoms with E-state index in [0.717, 1.165) is 42.9 Å². The van der Waals surface area contributed by atoms with Crippen LogP contribution in [0.15, 0.2) is 28.8 Å². The van der Waals surface area contributed by atoms with Gasteiger partial charge in [0.25, 0.3) is 0 Å². The van der Waals surface area contributed by atoms with Gasteiger partial charge in [-0.05, 0) is 36.8 Å². The van der Waals surface area contributed by atoms with Crippen LogP contribution in [0.3, 0.4) is 0 Å². The maximum atomic E-state index is 12.9. The van der Waals surface area contributed by atoms with Crippen LogP contribution in [-0.2, 0) is 4.79 Å². The minimum Gasteiger partial charge on any atom is -0.493 e. The molecule has 2 atom stereocenters. The fraction of sp³-hybridized carbons (Fsp3) is 0.526. The first-order valence-electron chi connectivity index (χ1n) is 9.00. The van der Waals surface area contributed by atoms with Crippen LogP contribution in [0.1, 0.15) is 54.8 Å². The van der Waals surface area contributed by atoms with Crippen molar-refractivity contribution in [3.05, 3.63) is 41.5 Å². The van der Waals surface area contributed by atoms with Gasteiger partial charge < -0.3 is 14.2 Å². The number of hydrogen-bond acceptors (Lipinski definition) is 5. The average Bonchev–Trinajstić information content (AvgIpc) is 3.09. The summed E-state index contributed by atoms with van der Waals surface area (Å²) in [5, 5.41) is 4.04. The molecule has 0 radical (unpaired) electrons. The van der Waals surface area contributed by atoms with Crippen molar-refractivity contribution in [2.45, 2.75) is 44.4 Å². The SMILES string of the molecule is Cc1nc([C@@H]2CCCN(C(=O)C[C@H]3CCOc4ccccc43)C2)no1. The summed E-state index contributed by atoms with van der Waals surface area (Å²) in [5.74, 6) is 2.86. The number of ether oxygens (including phenoxy) is 1. The number of amides is 1. The summed E-state index contributed by atoms with van der Waals surface area (Å²) in [6.07, 6.45) is 3.42. The van der Waals surface area contributed by atoms with Crippen LogP contribution in [0.5, 0.6) is 5.75 Å². The van der Waals surface area contributed by atoms with E-state index in [4.69, 9.17) is 9.26 Å². The Hall–Kier alpha value is -2.37. The fourth-order valence-corrected chi connectivity index (χ4v) is 3.86. The van der Waals surface area contributed by atoms with Gasteiger partial charge in [-0.3, -0.25) is 4.79 Å². The van der Waals surface area contributed by atoms with Gasteiger partial charge in [-0.2, -0.15) is 4.98 Å². The molecule has 6 heteroatoms. The molecule has 2 aliphatic heterocycles. The molecule has 4 rings (SSSR count). The average molecular weight is 341 g/mol. The first-order valence-corrected chi connectivity index (χ1v) is 9.00. The van der Waals surface area contributed by atoms with E-state index in [9.17, 15) is 4.79 Å². The van der Waals surface area contributed by atoms with Crippen LogP contribution in [0.25, 0.3) is 0 Å². The van der Waals surface area contributed by atoms with Crippen LogP contribution in [0.4, 0.5) is 0 Å². The van der Waals surface area contributed by atoms with Crippen LogP contribution >= 0.6 is 0 Å². The van der Waals surface area contributed by atoms with Crippen molar-refractivity contribution < 1.29 is 14.1 Å². The topological polar surface area (TPSA) is 68.5 Å². The van der Waals surface area contributed by atoms with Gasteiger partial charge in [0.15, 0.2) is 5.82 Å². The first kappa shape index (κ1) is 16.1. The summed E-state index contributed by atoms with van der Waals surface area (Å²) in [4.78, 5) is 19.2. The predicted octanol–water partition coefficient (Wildman–Crippen LogP) is 3.04. The largest absolute Gasteiger partial charge is 0.493 e. The molecule has 0 saturated carbocycles. The number of para-hydroxylation sites is 1. The Morgan fingerprint density at radius 3 is 3.04 bits per heavy atom. The van der Waals surface area contributed by atoms with Gasteiger partial charge in [0.05, 0.1) is 6.61 Å². The zero-order valence-corrected chi connectivity index (χ0v) is 14.5. The Bertz CT molecular complexity index is 758. The molecule has 2 aromatic rings. The second kappa shape index (κ2) is 6.86. The van der Waals surface area contributed by atoms with Gasteiger partial charge in [0.2, 0.25) is 11.8 Å². The highest BCUT2D eigenvalue weighted by atomic mass is 16.5. The molecule has 1 fully saturated rings. The van der Waals surface area contributed by atoms with E-state index >= 15 is 0 Å². The van der Waals surface area contributed by atoms with E-state index in [0.29, 0.717) is 25.5 Å². The smallest absolute Gasteiger partial charge is 0.223 e. The number of hydrogen-bond donors (Lipinski definition) is 0. The van der Waals surface area contributed by atoms with Crippen molar-refractivity contribution >= 4 is 5.91 Å². The number of likely N-dealkylation sites (tertiary alicyclic amines) is 1. The zero-order chi connectivity index (χ0) is 17.2. The Kier molecular flexibility index (Phi) is 4.42. The van der Waals surface area contributed by atoms with Crippen LogP contribution < -0.4 is 4.74 Å². The Morgan fingerprint density at radius 1 is 1.32 bits per heavy atom. The van der Waals surface area contributed by atoms with Gasteiger partial charge in [-0.15, -0.1) is 0 Å². The summed E-state index contributed by atoms with van der Waals surface area (Å²) in [6, 6.07) is 8.06. The molecule has 0 bridgehead atoms. The molecule has 0 spiro atoms. The van der Waals surface area contributed by atoms with Gasteiger partial charge in [0, 0.05) is 32.4 Å². The Labute approximate surface area is 147 Å². The van der Waals surface area contributed by atoms with Crippen molar-refractivity contribution in [2.24, 2.45) is 0 Å². The van der Waals surface area contributed by atoms with Crippen LogP contribution in [-0.4, -0.2) is 40.6 Å². The third-order valence-electron chi connectivity index (χ3n) is 5.19. The van der Waals surface area contributed by atoms with E-state index in [1.54, 1.807) is 6.92 Å². The number of fused-ring (bicyclic) bond motifs is 1. The highest BCUT2D eigenvalue weighted by molar-refractivity contribution is 5.77. The fourth-order valence-electron chi connectivity index (χ4n) is 3.86. The predicted molar refractivity (Wildman–Crippen MR) is 91.5 cm³/mol. The molecular weight excluding hydrogens is 318 g/mol. The van der Waals surface area contributed by atoms with E-state index < -0.39 is 0 Å². The van der Waals surface area contributed by atoms with Gasteiger partial charge >= 0.3 is 0 Å². The minimum atomic E-state index is 0.178. The standard InChI is InChI=1S/C19H23N3O3/c1-13-20-19(21-25-13)15-5-4-9-22(12-15)18(23)11-14-8-10-24-17-7-3-2-6-16(14)17/h2-3,6-7,14-15H,4-5,8-12H2,1H3/t14-,15-/m1/s1. The maximum Gasteiger partial charge on any atom is 0.223 e. The molecule has 0 N–H and O–H groups in total. The number of aromatic nitrogens is 2. The number of rotatable bonds is 3. The molecule has 1 amide bonds. The normalized spacial score (nSPS) is 23.0. The van der Waals surface area contributed by atoms with Crippen LogP contribution in [0, 0.1) is 6.92 Å². The molecule has 6 nitrogen and oxygen atoms in total. The number of carbonyl (C=O) groups is 1. The molecule has 0 aliphatic carbocycles. The molecule has 132 valence electrons. The lowest BCUT2D eigenvalue weighted by Crippen LogP contribution is -2.40. The number of carbonyl (C=O) groups excluding carboxylic acids is 1. The lowest BCUT2D eigenvalue weighted by Gasteiger charge is -2.33. The van der Waals surface area contributed by atoms with Crippen molar-refractivity contribution in [2.75, 3.05) is 19.7 Å². The highest BCUT2D eigenvalue weighted by Gasteiger charge is 2.30. The van der Waals surface area contributed by atoms with Crippen LogP contribution in [0.2, 0.25) is 0 Å². The van der Waals surface area contributed by atoms with Crippen molar-refractivity contribution in [1.29, 1.82) is 0 Å². The van der Waals surface area contributed by atoms with E-state index in [1.165, 1.54) is 0 Å². The number of nitrogens with zero attached hydrogens (tertiary/aromatic N) is 3. The number of piperidine rings is 1. The summed E-state index contributed by atoms with van der Waals surface area (Å²) in [7, 11) is 0. The molecule has 1 saturated heterocycles. The van der Waals surface area contributed by atoms with Gasteiger partial charge in [-0.25, -0.2) is 0 Å². The number of aryl methyl sites for hydroxylation is 1. The summed E-state index contributed by atoms with van der Waals surface area (Å²) >= 11 is 0. The van der Waals surface area contributed by atoms with E-state index in [2.05, 4.69) is 16.2 Å². The Morgan fingerprint density at radius 2 is 2.20 bits per heavy atom. The second-order valence-electron chi connectivity index (χ2n) is 6.93. The van der Waals surface area contributed by atoms with Crippen molar-refractivity contribution in [3.8, 4) is 5.75 Å². The lowest BCUT2D eigenvalue weighted by molar-refractivity contribution is -0.133. The molecule has 25 heavy (non-hydrogen) atoms. The van der Waals surface area contributed by atoms with E-state index in [-0.39, 0.29) is 17.7 Å². The second-order valence-corrected chi connectivity index (χ2v) is 6.93. The van der Waals surface area contributed by atoms with Crippen molar-refractivity contribution in [1.82, 2.24) is 15.0 Å². The summed E-state index contributed by atoms with van der Waals surface area (Å²) < 4.78 is 10.8. The molecule has 1 aromatic carbocycles. The quantitative estimate of drug-likeness (QED) is 0.858. The molecule has 0 unspecified atom stereocenters.